The van der Waals surface area contributed by atoms with Gasteiger partial charge in [0.05, 0.1) is 6.54 Å². The van der Waals surface area contributed by atoms with Gasteiger partial charge in [0.1, 0.15) is 0 Å². The number of benzene rings is 1. The van der Waals surface area contributed by atoms with Crippen LogP contribution in [0.2, 0.25) is 5.02 Å². The molecule has 0 N–H and O–H groups in total. The van der Waals surface area contributed by atoms with E-state index >= 15 is 0 Å². The van der Waals surface area contributed by atoms with Gasteiger partial charge in [0.25, 0.3) is 0 Å². The third-order valence-corrected chi connectivity index (χ3v) is 5.17. The lowest BCUT2D eigenvalue weighted by Gasteiger charge is -2.32. The quantitative estimate of drug-likeness (QED) is 0.792. The summed E-state index contributed by atoms with van der Waals surface area (Å²) in [4.78, 5) is 16.1. The van der Waals surface area contributed by atoms with Gasteiger partial charge >= 0.3 is 0 Å². The van der Waals surface area contributed by atoms with Crippen LogP contribution in [-0.2, 0) is 6.42 Å². The van der Waals surface area contributed by atoms with Crippen molar-refractivity contribution in [1.29, 1.82) is 0 Å². The van der Waals surface area contributed by atoms with E-state index in [-0.39, 0.29) is 5.78 Å². The van der Waals surface area contributed by atoms with Gasteiger partial charge in [-0.2, -0.15) is 0 Å². The molecule has 0 bridgehead atoms. The van der Waals surface area contributed by atoms with Gasteiger partial charge in [0, 0.05) is 28.0 Å². The first kappa shape index (κ1) is 13.8. The Bertz CT molecular complexity index is 620. The maximum atomic E-state index is 12.3. The summed E-state index contributed by atoms with van der Waals surface area (Å²) in [6, 6.07) is 9.65. The zero-order chi connectivity index (χ0) is 14.1. The molecule has 3 rings (SSSR count). The van der Waals surface area contributed by atoms with Crippen LogP contribution in [0.25, 0.3) is 0 Å². The molecular weight excluding hydrogens is 290 g/mol. The monoisotopic (exact) mass is 305 g/mol. The Morgan fingerprint density at radius 1 is 1.35 bits per heavy atom. The van der Waals surface area contributed by atoms with Crippen molar-refractivity contribution in [2.24, 2.45) is 0 Å². The average Bonchev–Trinajstić information content (AvgIpc) is 2.92. The molecule has 4 heteroatoms. The van der Waals surface area contributed by atoms with E-state index in [0.29, 0.717) is 17.6 Å². The third kappa shape index (κ3) is 2.66. The second kappa shape index (κ2) is 5.68. The predicted octanol–water partition coefficient (Wildman–Crippen LogP) is 4.20. The first-order chi connectivity index (χ1) is 9.65. The second-order valence-corrected chi connectivity index (χ2v) is 6.56. The van der Waals surface area contributed by atoms with Crippen molar-refractivity contribution in [1.82, 2.24) is 4.90 Å². The molecule has 1 unspecified atom stereocenters. The van der Waals surface area contributed by atoms with Crippen LogP contribution in [0.5, 0.6) is 0 Å². The van der Waals surface area contributed by atoms with Crippen LogP contribution in [0.1, 0.15) is 33.8 Å². The summed E-state index contributed by atoms with van der Waals surface area (Å²) in [7, 11) is 0. The lowest BCUT2D eigenvalue weighted by atomic mass is 10.0. The number of ketones is 1. The summed E-state index contributed by atoms with van der Waals surface area (Å²) in [5.74, 6) is 0.159. The molecule has 2 heterocycles. The van der Waals surface area contributed by atoms with E-state index in [2.05, 4.69) is 23.3 Å². The van der Waals surface area contributed by atoms with Crippen LogP contribution in [0.15, 0.2) is 35.7 Å². The number of nitrogens with zero attached hydrogens (tertiary/aromatic N) is 1. The van der Waals surface area contributed by atoms with Gasteiger partial charge in [0.15, 0.2) is 5.78 Å². The molecule has 2 nitrogen and oxygen atoms in total. The second-order valence-electron chi connectivity index (χ2n) is 5.13. The van der Waals surface area contributed by atoms with Crippen LogP contribution >= 0.6 is 22.9 Å². The minimum Gasteiger partial charge on any atom is -0.293 e. The van der Waals surface area contributed by atoms with Crippen molar-refractivity contribution in [3.8, 4) is 0 Å². The maximum absolute atomic E-state index is 12.3. The summed E-state index contributed by atoms with van der Waals surface area (Å²) < 4.78 is 0. The van der Waals surface area contributed by atoms with Gasteiger partial charge < -0.3 is 0 Å². The standard InChI is InChI=1S/C16H16ClNOS/c1-11-14-7-9-20-16(14)6-8-18(11)10-15(19)12-2-4-13(17)5-3-12/h2-5,7,9,11H,6,8,10H2,1H3. The van der Waals surface area contributed by atoms with Crippen molar-refractivity contribution in [2.45, 2.75) is 19.4 Å². The topological polar surface area (TPSA) is 20.3 Å². The SMILES string of the molecule is CC1c2ccsc2CCN1CC(=O)c1ccc(Cl)cc1. The summed E-state index contributed by atoms with van der Waals surface area (Å²) in [6.45, 7) is 3.60. The molecule has 1 aromatic heterocycles. The summed E-state index contributed by atoms with van der Waals surface area (Å²) in [5.41, 5.74) is 2.11. The fourth-order valence-electron chi connectivity index (χ4n) is 2.69. The average molecular weight is 306 g/mol. The highest BCUT2D eigenvalue weighted by molar-refractivity contribution is 7.10. The van der Waals surface area contributed by atoms with E-state index in [0.717, 1.165) is 18.5 Å². The van der Waals surface area contributed by atoms with Gasteiger partial charge in [-0.25, -0.2) is 0 Å². The first-order valence-electron chi connectivity index (χ1n) is 6.74. The van der Waals surface area contributed by atoms with Crippen LogP contribution in [0.3, 0.4) is 0 Å². The molecule has 104 valence electrons. The normalized spacial score (nSPS) is 18.8. The number of hydrogen-bond donors (Lipinski definition) is 0. The molecule has 2 aromatic rings. The van der Waals surface area contributed by atoms with Gasteiger partial charge in [-0.3, -0.25) is 9.69 Å². The summed E-state index contributed by atoms with van der Waals surface area (Å²) in [6.07, 6.45) is 1.05. The van der Waals surface area contributed by atoms with Crippen LogP contribution in [0.4, 0.5) is 0 Å². The lowest BCUT2D eigenvalue weighted by molar-refractivity contribution is 0.0891. The van der Waals surface area contributed by atoms with Crippen LogP contribution in [-0.4, -0.2) is 23.8 Å². The Kier molecular flexibility index (Phi) is 3.92. The van der Waals surface area contributed by atoms with Crippen LogP contribution < -0.4 is 0 Å². The molecule has 0 spiro atoms. The van der Waals surface area contributed by atoms with Crippen molar-refractivity contribution in [3.05, 3.63) is 56.7 Å². The summed E-state index contributed by atoms with van der Waals surface area (Å²) >= 11 is 7.68. The van der Waals surface area contributed by atoms with Gasteiger partial charge in [-0.15, -0.1) is 11.3 Å². The van der Waals surface area contributed by atoms with E-state index < -0.39 is 0 Å². The highest BCUT2D eigenvalue weighted by Crippen LogP contribution is 2.32. The number of carbonyl (C=O) groups excluding carboxylic acids is 1. The van der Waals surface area contributed by atoms with E-state index in [1.165, 1.54) is 10.4 Å². The van der Waals surface area contributed by atoms with E-state index in [1.807, 2.05) is 11.3 Å². The smallest absolute Gasteiger partial charge is 0.176 e. The molecule has 0 aliphatic carbocycles. The number of Topliss-reactive ketones (excluding diaryl/α,β-unsaturated/α-hetero) is 1. The molecule has 1 atom stereocenters. The highest BCUT2D eigenvalue weighted by Gasteiger charge is 2.26. The molecular formula is C16H16ClNOS. The fourth-order valence-corrected chi connectivity index (χ4v) is 3.78. The minimum absolute atomic E-state index is 0.159. The van der Waals surface area contributed by atoms with E-state index in [9.17, 15) is 4.79 Å². The maximum Gasteiger partial charge on any atom is 0.176 e. The number of thiophene rings is 1. The number of hydrogen-bond acceptors (Lipinski definition) is 3. The van der Waals surface area contributed by atoms with Crippen molar-refractivity contribution in [2.75, 3.05) is 13.1 Å². The summed E-state index contributed by atoms with van der Waals surface area (Å²) in [5, 5.41) is 2.81. The Hall–Kier alpha value is -1.16. The number of rotatable bonds is 3. The minimum atomic E-state index is 0.159. The van der Waals surface area contributed by atoms with Crippen molar-refractivity contribution < 1.29 is 4.79 Å². The largest absolute Gasteiger partial charge is 0.293 e. The Labute approximate surface area is 128 Å². The molecule has 0 amide bonds. The molecule has 0 saturated heterocycles. The molecule has 0 saturated carbocycles. The van der Waals surface area contributed by atoms with E-state index in [1.54, 1.807) is 24.3 Å². The molecule has 1 aliphatic rings. The number of fused-ring (bicyclic) bond motifs is 1. The van der Waals surface area contributed by atoms with Crippen LogP contribution in [0, 0.1) is 0 Å². The third-order valence-electron chi connectivity index (χ3n) is 3.92. The number of halogens is 1. The predicted molar refractivity (Wildman–Crippen MR) is 83.8 cm³/mol. The Balaban J connectivity index is 1.72. The zero-order valence-corrected chi connectivity index (χ0v) is 12.9. The van der Waals surface area contributed by atoms with Crippen molar-refractivity contribution >= 4 is 28.7 Å². The van der Waals surface area contributed by atoms with Crippen molar-refractivity contribution in [3.63, 3.8) is 0 Å². The fraction of sp³-hybridized carbons (Fsp3) is 0.312. The zero-order valence-electron chi connectivity index (χ0n) is 11.3. The number of carbonyl (C=O) groups is 1. The first-order valence-corrected chi connectivity index (χ1v) is 8.00. The molecule has 1 aliphatic heterocycles. The highest BCUT2D eigenvalue weighted by atomic mass is 35.5. The molecule has 0 fully saturated rings. The Morgan fingerprint density at radius 2 is 2.10 bits per heavy atom. The molecule has 20 heavy (non-hydrogen) atoms. The molecule has 1 aromatic carbocycles. The Morgan fingerprint density at radius 3 is 2.85 bits per heavy atom. The lowest BCUT2D eigenvalue weighted by Crippen LogP contribution is -2.37. The van der Waals surface area contributed by atoms with E-state index in [4.69, 9.17) is 11.6 Å². The van der Waals surface area contributed by atoms with Gasteiger partial charge in [0.2, 0.25) is 0 Å². The van der Waals surface area contributed by atoms with Gasteiger partial charge in [-0.1, -0.05) is 11.6 Å². The van der Waals surface area contributed by atoms with Gasteiger partial charge in [-0.05, 0) is 54.6 Å². The molecule has 0 radical (unpaired) electrons.